The summed E-state index contributed by atoms with van der Waals surface area (Å²) >= 11 is 1.76. The van der Waals surface area contributed by atoms with Gasteiger partial charge in [-0.15, -0.1) is 11.3 Å². The Bertz CT molecular complexity index is 513. The van der Waals surface area contributed by atoms with E-state index < -0.39 is 0 Å². The number of hydrogen-bond acceptors (Lipinski definition) is 5. The van der Waals surface area contributed by atoms with Crippen molar-refractivity contribution in [1.82, 2.24) is 15.3 Å². The van der Waals surface area contributed by atoms with E-state index in [4.69, 9.17) is 9.72 Å². The summed E-state index contributed by atoms with van der Waals surface area (Å²) in [7, 11) is 1.71. The van der Waals surface area contributed by atoms with Crippen LogP contribution in [0.15, 0.2) is 24.5 Å². The lowest BCUT2D eigenvalue weighted by Gasteiger charge is -2.02. The van der Waals surface area contributed by atoms with Gasteiger partial charge in [0.15, 0.2) is 0 Å². The van der Waals surface area contributed by atoms with E-state index in [-0.39, 0.29) is 0 Å². The topological polar surface area (TPSA) is 47.0 Å². The Balaban J connectivity index is 2.07. The molecule has 5 heteroatoms. The third-order valence-corrected chi connectivity index (χ3v) is 3.99. The molecule has 0 atom stereocenters. The first-order chi connectivity index (χ1) is 9.83. The summed E-state index contributed by atoms with van der Waals surface area (Å²) in [5, 5.41) is 4.55. The van der Waals surface area contributed by atoms with Crippen LogP contribution in [0.1, 0.15) is 34.5 Å². The lowest BCUT2D eigenvalue weighted by molar-refractivity contribution is 0.181. The van der Waals surface area contributed by atoms with Crippen LogP contribution in [0.5, 0.6) is 0 Å². The van der Waals surface area contributed by atoms with Crippen LogP contribution in [-0.4, -0.2) is 23.6 Å². The number of nitrogens with one attached hydrogen (secondary N) is 1. The van der Waals surface area contributed by atoms with Crippen LogP contribution in [0.25, 0.3) is 0 Å². The van der Waals surface area contributed by atoms with E-state index in [1.807, 2.05) is 12.3 Å². The van der Waals surface area contributed by atoms with Crippen LogP contribution in [0.4, 0.5) is 0 Å². The second-order valence-corrected chi connectivity index (χ2v) is 5.79. The van der Waals surface area contributed by atoms with Crippen molar-refractivity contribution in [3.8, 4) is 0 Å². The molecular formula is C15H21N3OS. The number of nitrogens with zero attached hydrogens (tertiary/aromatic N) is 2. The van der Waals surface area contributed by atoms with Crippen LogP contribution in [-0.2, 0) is 24.3 Å². The normalized spacial score (nSPS) is 10.9. The van der Waals surface area contributed by atoms with Gasteiger partial charge in [0.2, 0.25) is 0 Å². The van der Waals surface area contributed by atoms with E-state index in [1.54, 1.807) is 24.6 Å². The highest BCUT2D eigenvalue weighted by Gasteiger charge is 2.11. The minimum Gasteiger partial charge on any atom is -0.378 e. The fourth-order valence-corrected chi connectivity index (χ4v) is 3.03. The molecule has 0 saturated heterocycles. The molecule has 2 rings (SSSR count). The van der Waals surface area contributed by atoms with Crippen molar-refractivity contribution in [2.45, 2.75) is 32.9 Å². The molecule has 0 aromatic carbocycles. The molecule has 2 heterocycles. The van der Waals surface area contributed by atoms with Gasteiger partial charge in [-0.25, -0.2) is 4.98 Å². The van der Waals surface area contributed by atoms with Gasteiger partial charge in [0, 0.05) is 37.3 Å². The summed E-state index contributed by atoms with van der Waals surface area (Å²) in [4.78, 5) is 10.1. The molecule has 2 aromatic heterocycles. The van der Waals surface area contributed by atoms with E-state index in [9.17, 15) is 0 Å². The molecule has 0 radical (unpaired) electrons. The maximum absolute atomic E-state index is 5.24. The molecule has 108 valence electrons. The third kappa shape index (κ3) is 4.37. The number of pyridine rings is 1. The molecule has 1 N–H and O–H groups in total. The largest absolute Gasteiger partial charge is 0.378 e. The molecule has 0 saturated carbocycles. The zero-order chi connectivity index (χ0) is 14.2. The monoisotopic (exact) mass is 291 g/mol. The van der Waals surface area contributed by atoms with E-state index in [0.29, 0.717) is 6.61 Å². The molecule has 0 spiro atoms. The highest BCUT2D eigenvalue weighted by Crippen LogP contribution is 2.21. The summed E-state index contributed by atoms with van der Waals surface area (Å²) in [5.41, 5.74) is 2.25. The summed E-state index contributed by atoms with van der Waals surface area (Å²) in [6, 6.07) is 4.04. The van der Waals surface area contributed by atoms with Crippen LogP contribution in [0, 0.1) is 0 Å². The van der Waals surface area contributed by atoms with Crippen molar-refractivity contribution in [2.75, 3.05) is 13.7 Å². The smallest absolute Gasteiger partial charge is 0.0977 e. The Hall–Kier alpha value is -1.30. The lowest BCUT2D eigenvalue weighted by atomic mass is 10.2. The number of rotatable bonds is 8. The van der Waals surface area contributed by atoms with Crippen molar-refractivity contribution in [1.29, 1.82) is 0 Å². The second kappa shape index (κ2) is 8.09. The molecule has 4 nitrogen and oxygen atoms in total. The molecule has 20 heavy (non-hydrogen) atoms. The average Bonchev–Trinajstić information content (AvgIpc) is 2.83. The second-order valence-electron chi connectivity index (χ2n) is 4.63. The molecule has 0 unspecified atom stereocenters. The zero-order valence-electron chi connectivity index (χ0n) is 12.1. The van der Waals surface area contributed by atoms with E-state index in [1.165, 1.54) is 10.4 Å². The minimum atomic E-state index is 0.576. The van der Waals surface area contributed by atoms with Gasteiger partial charge < -0.3 is 10.1 Å². The quantitative estimate of drug-likeness (QED) is 0.760. The summed E-state index contributed by atoms with van der Waals surface area (Å²) < 4.78 is 5.24. The van der Waals surface area contributed by atoms with Gasteiger partial charge in [-0.05, 0) is 24.6 Å². The van der Waals surface area contributed by atoms with E-state index in [0.717, 1.165) is 36.6 Å². The van der Waals surface area contributed by atoms with Gasteiger partial charge in [-0.2, -0.15) is 0 Å². The predicted octanol–water partition coefficient (Wildman–Crippen LogP) is 2.77. The molecular weight excluding hydrogens is 270 g/mol. The highest BCUT2D eigenvalue weighted by atomic mass is 32.1. The number of aromatic nitrogens is 2. The maximum atomic E-state index is 5.24. The lowest BCUT2D eigenvalue weighted by Crippen LogP contribution is -2.14. The van der Waals surface area contributed by atoms with E-state index in [2.05, 4.69) is 23.3 Å². The first-order valence-corrected chi connectivity index (χ1v) is 7.71. The predicted molar refractivity (Wildman–Crippen MR) is 81.9 cm³/mol. The van der Waals surface area contributed by atoms with Crippen LogP contribution in [0.3, 0.4) is 0 Å². The van der Waals surface area contributed by atoms with Gasteiger partial charge in [0.25, 0.3) is 0 Å². The summed E-state index contributed by atoms with van der Waals surface area (Å²) in [6.45, 7) is 4.65. The summed E-state index contributed by atoms with van der Waals surface area (Å²) in [5.74, 6) is 0. The molecule has 0 amide bonds. The van der Waals surface area contributed by atoms with Gasteiger partial charge in [-0.1, -0.05) is 13.0 Å². The summed E-state index contributed by atoms with van der Waals surface area (Å²) in [6.07, 6.45) is 5.66. The number of thiazole rings is 1. The fourth-order valence-electron chi connectivity index (χ4n) is 1.96. The first kappa shape index (κ1) is 15.1. The van der Waals surface area contributed by atoms with Gasteiger partial charge in [-0.3, -0.25) is 4.98 Å². The van der Waals surface area contributed by atoms with Crippen LogP contribution >= 0.6 is 11.3 Å². The molecule has 0 aliphatic heterocycles. The minimum absolute atomic E-state index is 0.576. The molecule has 0 aliphatic carbocycles. The third-order valence-electron chi connectivity index (χ3n) is 2.89. The van der Waals surface area contributed by atoms with Crippen molar-refractivity contribution < 1.29 is 4.74 Å². The fraction of sp³-hybridized carbons (Fsp3) is 0.467. The Morgan fingerprint density at radius 2 is 2.30 bits per heavy atom. The van der Waals surface area contributed by atoms with E-state index >= 15 is 0 Å². The van der Waals surface area contributed by atoms with Crippen molar-refractivity contribution in [3.63, 3.8) is 0 Å². The molecule has 0 fully saturated rings. The number of hydrogen-bond donors (Lipinski definition) is 1. The Kier molecular flexibility index (Phi) is 6.11. The first-order valence-electron chi connectivity index (χ1n) is 6.89. The van der Waals surface area contributed by atoms with Gasteiger partial charge in [0.05, 0.1) is 17.3 Å². The zero-order valence-corrected chi connectivity index (χ0v) is 12.9. The molecule has 2 aromatic rings. The van der Waals surface area contributed by atoms with Gasteiger partial charge in [0.1, 0.15) is 0 Å². The van der Waals surface area contributed by atoms with Crippen molar-refractivity contribution >= 4 is 11.3 Å². The van der Waals surface area contributed by atoms with Crippen molar-refractivity contribution in [3.05, 3.63) is 45.7 Å². The van der Waals surface area contributed by atoms with Gasteiger partial charge >= 0.3 is 0 Å². The highest BCUT2D eigenvalue weighted by molar-refractivity contribution is 7.11. The number of ether oxygens (including phenoxy) is 1. The van der Waals surface area contributed by atoms with Crippen LogP contribution < -0.4 is 5.32 Å². The Morgan fingerprint density at radius 1 is 1.40 bits per heavy atom. The SMILES string of the molecule is CCCNCc1sc(Cc2cccnc2)nc1COC. The number of methoxy groups -OCH3 is 1. The maximum Gasteiger partial charge on any atom is 0.0977 e. The molecule has 0 aliphatic rings. The molecule has 0 bridgehead atoms. The Labute approximate surface area is 124 Å². The average molecular weight is 291 g/mol. The van der Waals surface area contributed by atoms with Crippen molar-refractivity contribution in [2.24, 2.45) is 0 Å². The van der Waals surface area contributed by atoms with Crippen LogP contribution in [0.2, 0.25) is 0 Å². The standard InChI is InChI=1S/C15H21N3OS/c1-3-6-16-10-14-13(11-19-2)18-15(20-14)8-12-5-4-7-17-9-12/h4-5,7,9,16H,3,6,8,10-11H2,1-2H3. The Morgan fingerprint density at radius 3 is 3.00 bits per heavy atom.